The van der Waals surface area contributed by atoms with Gasteiger partial charge in [0.25, 0.3) is 0 Å². The lowest BCUT2D eigenvalue weighted by Crippen LogP contribution is -2.35. The number of carbonyl (C=O) groups excluding carboxylic acids is 1. The van der Waals surface area contributed by atoms with Gasteiger partial charge >= 0.3 is 0 Å². The molecule has 0 spiro atoms. The Labute approximate surface area is 79.9 Å². The van der Waals surface area contributed by atoms with Crippen LogP contribution in [0.3, 0.4) is 0 Å². The topological polar surface area (TPSA) is 20.3 Å². The third kappa shape index (κ3) is 3.44. The molecule has 0 aromatic carbocycles. The molecule has 0 saturated carbocycles. The third-order valence-electron chi connectivity index (χ3n) is 2.19. The second-order valence-corrected chi connectivity index (χ2v) is 3.86. The summed E-state index contributed by atoms with van der Waals surface area (Å²) in [5.41, 5.74) is 0. The standard InChI is InChI=1S/C9H18ClNO/c1-7(2)8(3)9(12)11(4)6-5-10/h7-8H,5-6H2,1-4H3. The third-order valence-corrected chi connectivity index (χ3v) is 2.35. The van der Waals surface area contributed by atoms with E-state index in [0.29, 0.717) is 18.3 Å². The predicted octanol–water partition coefficient (Wildman–Crippen LogP) is 1.98. The van der Waals surface area contributed by atoms with Crippen LogP contribution in [0.5, 0.6) is 0 Å². The quantitative estimate of drug-likeness (QED) is 0.623. The highest BCUT2D eigenvalue weighted by Gasteiger charge is 2.19. The lowest BCUT2D eigenvalue weighted by Gasteiger charge is -2.22. The fraction of sp³-hybridized carbons (Fsp3) is 0.889. The Balaban J connectivity index is 4.00. The molecule has 0 fully saturated rings. The van der Waals surface area contributed by atoms with Gasteiger partial charge in [-0.25, -0.2) is 0 Å². The molecule has 1 unspecified atom stereocenters. The van der Waals surface area contributed by atoms with Gasteiger partial charge in [-0.05, 0) is 5.92 Å². The van der Waals surface area contributed by atoms with E-state index in [0.717, 1.165) is 0 Å². The van der Waals surface area contributed by atoms with Crippen molar-refractivity contribution in [3.63, 3.8) is 0 Å². The lowest BCUT2D eigenvalue weighted by atomic mass is 9.97. The van der Waals surface area contributed by atoms with Crippen molar-refractivity contribution < 1.29 is 4.79 Å². The smallest absolute Gasteiger partial charge is 0.225 e. The van der Waals surface area contributed by atoms with Crippen molar-refractivity contribution >= 4 is 17.5 Å². The predicted molar refractivity (Wildman–Crippen MR) is 52.4 cm³/mol. The zero-order valence-electron chi connectivity index (χ0n) is 8.30. The van der Waals surface area contributed by atoms with Crippen LogP contribution in [0.2, 0.25) is 0 Å². The van der Waals surface area contributed by atoms with E-state index in [2.05, 4.69) is 13.8 Å². The van der Waals surface area contributed by atoms with Gasteiger partial charge < -0.3 is 4.90 Å². The van der Waals surface area contributed by atoms with Gasteiger partial charge in [-0.2, -0.15) is 0 Å². The number of alkyl halides is 1. The van der Waals surface area contributed by atoms with Crippen molar-refractivity contribution in [2.45, 2.75) is 20.8 Å². The zero-order chi connectivity index (χ0) is 9.72. The van der Waals surface area contributed by atoms with Crippen LogP contribution in [0, 0.1) is 11.8 Å². The molecule has 1 atom stereocenters. The Kier molecular flexibility index (Phi) is 5.31. The highest BCUT2D eigenvalue weighted by atomic mass is 35.5. The summed E-state index contributed by atoms with van der Waals surface area (Å²) in [4.78, 5) is 13.2. The summed E-state index contributed by atoms with van der Waals surface area (Å²) in [6, 6.07) is 0. The molecule has 0 heterocycles. The molecule has 0 bridgehead atoms. The molecule has 3 heteroatoms. The average molecular weight is 192 g/mol. The van der Waals surface area contributed by atoms with Crippen LogP contribution in [-0.2, 0) is 4.79 Å². The molecule has 0 aromatic rings. The van der Waals surface area contributed by atoms with E-state index in [1.807, 2.05) is 6.92 Å². The van der Waals surface area contributed by atoms with Gasteiger partial charge in [0.2, 0.25) is 5.91 Å². The second kappa shape index (κ2) is 5.41. The number of hydrogen-bond acceptors (Lipinski definition) is 1. The van der Waals surface area contributed by atoms with Crippen molar-refractivity contribution in [1.29, 1.82) is 0 Å². The minimum atomic E-state index is 0.0956. The van der Waals surface area contributed by atoms with Gasteiger partial charge in [-0.15, -0.1) is 11.6 Å². The van der Waals surface area contributed by atoms with E-state index in [1.54, 1.807) is 11.9 Å². The van der Waals surface area contributed by atoms with Crippen molar-refractivity contribution in [2.75, 3.05) is 19.5 Å². The fourth-order valence-electron chi connectivity index (χ4n) is 0.870. The molecule has 72 valence electrons. The van der Waals surface area contributed by atoms with E-state index >= 15 is 0 Å². The maximum absolute atomic E-state index is 11.5. The molecule has 0 N–H and O–H groups in total. The van der Waals surface area contributed by atoms with Crippen LogP contribution < -0.4 is 0 Å². The Hall–Kier alpha value is -0.240. The van der Waals surface area contributed by atoms with Gasteiger partial charge in [0.1, 0.15) is 0 Å². The summed E-state index contributed by atoms with van der Waals surface area (Å²) >= 11 is 5.53. The average Bonchev–Trinajstić information content (AvgIpc) is 2.02. The Morgan fingerprint density at radius 3 is 2.25 bits per heavy atom. The van der Waals surface area contributed by atoms with Crippen LogP contribution in [0.15, 0.2) is 0 Å². The normalized spacial score (nSPS) is 13.2. The maximum Gasteiger partial charge on any atom is 0.225 e. The number of rotatable bonds is 4. The van der Waals surface area contributed by atoms with Gasteiger partial charge in [0.05, 0.1) is 0 Å². The first kappa shape index (κ1) is 11.8. The molecule has 0 radical (unpaired) electrons. The Morgan fingerprint density at radius 1 is 1.42 bits per heavy atom. The van der Waals surface area contributed by atoms with Gasteiger partial charge in [0, 0.05) is 25.4 Å². The summed E-state index contributed by atoms with van der Waals surface area (Å²) in [5.74, 6) is 1.19. The monoisotopic (exact) mass is 191 g/mol. The Bertz CT molecular complexity index is 147. The lowest BCUT2D eigenvalue weighted by molar-refractivity contribution is -0.134. The van der Waals surface area contributed by atoms with Crippen LogP contribution in [0.4, 0.5) is 0 Å². The molecule has 0 aliphatic carbocycles. The molecular formula is C9H18ClNO. The largest absolute Gasteiger partial charge is 0.344 e. The molecule has 0 saturated heterocycles. The van der Waals surface area contributed by atoms with Crippen molar-refractivity contribution in [1.82, 2.24) is 4.90 Å². The van der Waals surface area contributed by atoms with Gasteiger partial charge in [-0.1, -0.05) is 20.8 Å². The number of amides is 1. The maximum atomic E-state index is 11.5. The molecule has 2 nitrogen and oxygen atoms in total. The molecule has 1 amide bonds. The number of nitrogens with zero attached hydrogens (tertiary/aromatic N) is 1. The summed E-state index contributed by atoms with van der Waals surface area (Å²) in [7, 11) is 1.80. The van der Waals surface area contributed by atoms with Crippen LogP contribution in [-0.4, -0.2) is 30.3 Å². The summed E-state index contributed by atoms with van der Waals surface area (Å²) < 4.78 is 0. The number of halogens is 1. The van der Waals surface area contributed by atoms with Crippen molar-refractivity contribution in [2.24, 2.45) is 11.8 Å². The first-order valence-corrected chi connectivity index (χ1v) is 4.85. The summed E-state index contributed by atoms with van der Waals surface area (Å²) in [6.07, 6.45) is 0. The van der Waals surface area contributed by atoms with Crippen LogP contribution in [0.1, 0.15) is 20.8 Å². The zero-order valence-corrected chi connectivity index (χ0v) is 9.06. The molecule has 12 heavy (non-hydrogen) atoms. The van der Waals surface area contributed by atoms with Crippen LogP contribution >= 0.6 is 11.6 Å². The van der Waals surface area contributed by atoms with E-state index in [9.17, 15) is 4.79 Å². The molecular weight excluding hydrogens is 174 g/mol. The SMILES string of the molecule is CC(C)C(C)C(=O)N(C)CCCl. The number of hydrogen-bond donors (Lipinski definition) is 0. The minimum Gasteiger partial charge on any atom is -0.344 e. The van der Waals surface area contributed by atoms with Gasteiger partial charge in [-0.3, -0.25) is 4.79 Å². The highest BCUT2D eigenvalue weighted by Crippen LogP contribution is 2.12. The van der Waals surface area contributed by atoms with Gasteiger partial charge in [0.15, 0.2) is 0 Å². The number of carbonyl (C=O) groups is 1. The van der Waals surface area contributed by atoms with Crippen LogP contribution in [0.25, 0.3) is 0 Å². The van der Waals surface area contributed by atoms with E-state index < -0.39 is 0 Å². The first-order chi connectivity index (χ1) is 5.50. The minimum absolute atomic E-state index is 0.0956. The fourth-order valence-corrected chi connectivity index (χ4v) is 1.12. The van der Waals surface area contributed by atoms with Crippen molar-refractivity contribution in [3.05, 3.63) is 0 Å². The van der Waals surface area contributed by atoms with E-state index in [4.69, 9.17) is 11.6 Å². The van der Waals surface area contributed by atoms with Crippen molar-refractivity contribution in [3.8, 4) is 0 Å². The van der Waals surface area contributed by atoms with E-state index in [1.165, 1.54) is 0 Å². The molecule has 0 aromatic heterocycles. The van der Waals surface area contributed by atoms with E-state index in [-0.39, 0.29) is 11.8 Å². The first-order valence-electron chi connectivity index (χ1n) is 4.31. The highest BCUT2D eigenvalue weighted by molar-refractivity contribution is 6.18. The molecule has 0 aliphatic heterocycles. The Morgan fingerprint density at radius 2 is 1.92 bits per heavy atom. The summed E-state index contributed by atoms with van der Waals surface area (Å²) in [5, 5.41) is 0. The molecule has 0 aliphatic rings. The molecule has 0 rings (SSSR count). The summed E-state index contributed by atoms with van der Waals surface area (Å²) in [6.45, 7) is 6.70. The second-order valence-electron chi connectivity index (χ2n) is 3.48.